The Bertz CT molecular complexity index is 616. The summed E-state index contributed by atoms with van der Waals surface area (Å²) in [5, 5.41) is 10.5. The van der Waals surface area contributed by atoms with E-state index in [2.05, 4.69) is 15.9 Å². The number of methoxy groups -OCH3 is 2. The molecule has 0 bridgehead atoms. The molecule has 0 aliphatic carbocycles. The highest BCUT2D eigenvalue weighted by atomic mass is 79.9. The van der Waals surface area contributed by atoms with Crippen LogP contribution in [0.2, 0.25) is 0 Å². The van der Waals surface area contributed by atoms with Gasteiger partial charge in [-0.25, -0.2) is 4.39 Å². The average molecular weight is 341 g/mol. The lowest BCUT2D eigenvalue weighted by atomic mass is 10.0. The molecule has 5 heteroatoms. The van der Waals surface area contributed by atoms with Crippen LogP contribution < -0.4 is 9.47 Å². The topological polar surface area (TPSA) is 38.7 Å². The highest BCUT2D eigenvalue weighted by Crippen LogP contribution is 2.34. The molecule has 106 valence electrons. The molecule has 1 atom stereocenters. The highest BCUT2D eigenvalue weighted by Gasteiger charge is 2.17. The molecule has 1 N–H and O–H groups in total. The summed E-state index contributed by atoms with van der Waals surface area (Å²) in [5.74, 6) is 0.776. The Morgan fingerprint density at radius 3 is 2.45 bits per heavy atom. The van der Waals surface area contributed by atoms with Crippen LogP contribution in [0.3, 0.4) is 0 Å². The molecule has 0 saturated heterocycles. The molecule has 0 radical (unpaired) electrons. The smallest absolute Gasteiger partial charge is 0.137 e. The van der Waals surface area contributed by atoms with Crippen LogP contribution in [0, 0.1) is 5.82 Å². The minimum Gasteiger partial charge on any atom is -0.497 e. The number of hydrogen-bond acceptors (Lipinski definition) is 3. The summed E-state index contributed by atoms with van der Waals surface area (Å²) in [7, 11) is 3.07. The van der Waals surface area contributed by atoms with Gasteiger partial charge in [0.15, 0.2) is 0 Å². The van der Waals surface area contributed by atoms with Crippen molar-refractivity contribution in [2.75, 3.05) is 14.2 Å². The van der Waals surface area contributed by atoms with Gasteiger partial charge in [0.25, 0.3) is 0 Å². The first kappa shape index (κ1) is 14.8. The van der Waals surface area contributed by atoms with E-state index in [0.717, 1.165) is 0 Å². The number of benzene rings is 2. The van der Waals surface area contributed by atoms with E-state index in [0.29, 0.717) is 27.1 Å². The number of hydrogen-bond donors (Lipinski definition) is 1. The van der Waals surface area contributed by atoms with E-state index in [4.69, 9.17) is 9.47 Å². The van der Waals surface area contributed by atoms with Gasteiger partial charge in [-0.3, -0.25) is 0 Å². The van der Waals surface area contributed by atoms with Crippen LogP contribution in [-0.4, -0.2) is 19.3 Å². The maximum absolute atomic E-state index is 13.3. The van der Waals surface area contributed by atoms with Crippen LogP contribution in [0.15, 0.2) is 40.9 Å². The van der Waals surface area contributed by atoms with E-state index in [1.165, 1.54) is 19.2 Å². The maximum atomic E-state index is 13.3. The first-order valence-electron chi connectivity index (χ1n) is 5.91. The van der Waals surface area contributed by atoms with Gasteiger partial charge in [-0.2, -0.15) is 0 Å². The minimum atomic E-state index is -0.933. The van der Waals surface area contributed by atoms with Gasteiger partial charge in [-0.05, 0) is 51.8 Å². The van der Waals surface area contributed by atoms with Crippen molar-refractivity contribution < 1.29 is 19.0 Å². The fraction of sp³-hybridized carbons (Fsp3) is 0.200. The Labute approximate surface area is 125 Å². The second-order valence-electron chi connectivity index (χ2n) is 4.18. The molecule has 0 aliphatic rings. The molecule has 0 amide bonds. The van der Waals surface area contributed by atoms with E-state index >= 15 is 0 Å². The molecule has 2 rings (SSSR count). The van der Waals surface area contributed by atoms with Gasteiger partial charge in [0.05, 0.1) is 18.7 Å². The van der Waals surface area contributed by atoms with Crippen LogP contribution in [0.4, 0.5) is 4.39 Å². The monoisotopic (exact) mass is 340 g/mol. The van der Waals surface area contributed by atoms with Crippen molar-refractivity contribution in [3.63, 3.8) is 0 Å². The van der Waals surface area contributed by atoms with Crippen molar-refractivity contribution in [3.8, 4) is 11.5 Å². The van der Waals surface area contributed by atoms with Crippen LogP contribution >= 0.6 is 15.9 Å². The standard InChI is InChI=1S/C15H14BrFO3/c1-19-10-4-6-14(20-2)11(8-10)15(18)9-3-5-13(17)12(16)7-9/h3-8,15,18H,1-2H3. The Balaban J connectivity index is 2.45. The van der Waals surface area contributed by atoms with Crippen molar-refractivity contribution in [3.05, 3.63) is 57.8 Å². The lowest BCUT2D eigenvalue weighted by molar-refractivity contribution is 0.214. The van der Waals surface area contributed by atoms with Crippen molar-refractivity contribution in [2.24, 2.45) is 0 Å². The van der Waals surface area contributed by atoms with E-state index in [1.54, 1.807) is 31.4 Å². The molecule has 0 saturated carbocycles. The molecule has 0 spiro atoms. The van der Waals surface area contributed by atoms with Gasteiger partial charge in [0, 0.05) is 5.56 Å². The molecular weight excluding hydrogens is 327 g/mol. The zero-order valence-corrected chi connectivity index (χ0v) is 12.6. The molecule has 20 heavy (non-hydrogen) atoms. The average Bonchev–Trinajstić information content (AvgIpc) is 2.48. The molecule has 0 aliphatic heterocycles. The van der Waals surface area contributed by atoms with Crippen LogP contribution in [-0.2, 0) is 0 Å². The maximum Gasteiger partial charge on any atom is 0.137 e. The van der Waals surface area contributed by atoms with E-state index in [9.17, 15) is 9.50 Å². The van der Waals surface area contributed by atoms with E-state index in [-0.39, 0.29) is 5.82 Å². The van der Waals surface area contributed by atoms with Crippen molar-refractivity contribution >= 4 is 15.9 Å². The second kappa shape index (κ2) is 6.24. The van der Waals surface area contributed by atoms with Crippen LogP contribution in [0.25, 0.3) is 0 Å². The van der Waals surface area contributed by atoms with Gasteiger partial charge in [-0.15, -0.1) is 0 Å². The van der Waals surface area contributed by atoms with Crippen LogP contribution in [0.5, 0.6) is 11.5 Å². The van der Waals surface area contributed by atoms with Gasteiger partial charge in [-0.1, -0.05) is 6.07 Å². The Hall–Kier alpha value is -1.59. The third kappa shape index (κ3) is 2.94. The zero-order chi connectivity index (χ0) is 14.7. The summed E-state index contributed by atoms with van der Waals surface area (Å²) in [5.41, 5.74) is 1.12. The quantitative estimate of drug-likeness (QED) is 0.922. The summed E-state index contributed by atoms with van der Waals surface area (Å²) in [4.78, 5) is 0. The minimum absolute atomic E-state index is 0.302. The highest BCUT2D eigenvalue weighted by molar-refractivity contribution is 9.10. The Morgan fingerprint density at radius 1 is 1.10 bits per heavy atom. The lowest BCUT2D eigenvalue weighted by Gasteiger charge is -2.16. The van der Waals surface area contributed by atoms with Gasteiger partial charge in [0.2, 0.25) is 0 Å². The van der Waals surface area contributed by atoms with Gasteiger partial charge in [0.1, 0.15) is 23.4 Å². The van der Waals surface area contributed by atoms with Crippen molar-refractivity contribution in [2.45, 2.75) is 6.10 Å². The number of aliphatic hydroxyl groups is 1. The molecule has 2 aromatic rings. The summed E-state index contributed by atoms with van der Waals surface area (Å²) in [6.45, 7) is 0. The first-order chi connectivity index (χ1) is 9.56. The molecule has 0 aromatic heterocycles. The summed E-state index contributed by atoms with van der Waals surface area (Å²) in [6.07, 6.45) is -0.933. The lowest BCUT2D eigenvalue weighted by Crippen LogP contribution is -2.03. The molecular formula is C15H14BrFO3. The summed E-state index contributed by atoms with van der Waals surface area (Å²) < 4.78 is 23.9. The molecule has 3 nitrogen and oxygen atoms in total. The van der Waals surface area contributed by atoms with Crippen molar-refractivity contribution in [1.29, 1.82) is 0 Å². The normalized spacial score (nSPS) is 12.1. The molecule has 1 unspecified atom stereocenters. The number of rotatable bonds is 4. The summed E-state index contributed by atoms with van der Waals surface area (Å²) in [6, 6.07) is 9.53. The number of ether oxygens (including phenoxy) is 2. The summed E-state index contributed by atoms with van der Waals surface area (Å²) >= 11 is 3.11. The Kier molecular flexibility index (Phi) is 4.62. The molecule has 2 aromatic carbocycles. The predicted molar refractivity (Wildman–Crippen MR) is 77.7 cm³/mol. The van der Waals surface area contributed by atoms with Gasteiger partial charge < -0.3 is 14.6 Å². The van der Waals surface area contributed by atoms with E-state index in [1.807, 2.05) is 0 Å². The van der Waals surface area contributed by atoms with Crippen molar-refractivity contribution in [1.82, 2.24) is 0 Å². The SMILES string of the molecule is COc1ccc(OC)c(C(O)c2ccc(F)c(Br)c2)c1. The predicted octanol–water partition coefficient (Wildman–Crippen LogP) is 3.69. The molecule has 0 fully saturated rings. The van der Waals surface area contributed by atoms with Crippen LogP contribution in [0.1, 0.15) is 17.2 Å². The third-order valence-electron chi connectivity index (χ3n) is 2.99. The third-order valence-corrected chi connectivity index (χ3v) is 3.60. The largest absolute Gasteiger partial charge is 0.497 e. The molecule has 0 heterocycles. The fourth-order valence-corrected chi connectivity index (χ4v) is 2.31. The number of halogens is 2. The Morgan fingerprint density at radius 2 is 1.85 bits per heavy atom. The fourth-order valence-electron chi connectivity index (χ4n) is 1.92. The van der Waals surface area contributed by atoms with E-state index < -0.39 is 6.10 Å². The first-order valence-corrected chi connectivity index (χ1v) is 6.71. The second-order valence-corrected chi connectivity index (χ2v) is 5.04. The number of aliphatic hydroxyl groups excluding tert-OH is 1. The zero-order valence-electron chi connectivity index (χ0n) is 11.1. The van der Waals surface area contributed by atoms with Gasteiger partial charge >= 0.3 is 0 Å².